The molecule has 0 radical (unpaired) electrons. The Labute approximate surface area is 156 Å². The Bertz CT molecular complexity index is 816. The molecule has 0 atom stereocenters. The molecular formula is C20H27N3O2S. The molecule has 5 nitrogen and oxygen atoms in total. The Kier molecular flexibility index (Phi) is 4.88. The van der Waals surface area contributed by atoms with Crippen LogP contribution in [0, 0.1) is 0 Å². The van der Waals surface area contributed by atoms with Crippen LogP contribution in [-0.4, -0.2) is 56.3 Å². The maximum atomic E-state index is 12.7. The van der Waals surface area contributed by atoms with Gasteiger partial charge < -0.3 is 9.80 Å². The highest BCUT2D eigenvalue weighted by molar-refractivity contribution is 8.00. The average molecular weight is 374 g/mol. The summed E-state index contributed by atoms with van der Waals surface area (Å²) < 4.78 is 29.5. The van der Waals surface area contributed by atoms with Crippen LogP contribution >= 0.6 is 0 Å². The normalized spacial score (nSPS) is 24.8. The van der Waals surface area contributed by atoms with Crippen LogP contribution in [0.2, 0.25) is 0 Å². The molecule has 3 heterocycles. The molecule has 0 spiro atoms. The van der Waals surface area contributed by atoms with Crippen LogP contribution in [-0.2, 0) is 10.0 Å². The molecule has 2 saturated heterocycles. The minimum Gasteiger partial charge on any atom is -0.356 e. The highest BCUT2D eigenvalue weighted by Crippen LogP contribution is 2.34. The van der Waals surface area contributed by atoms with Crippen molar-refractivity contribution < 1.29 is 8.42 Å². The van der Waals surface area contributed by atoms with E-state index >= 15 is 0 Å². The number of likely N-dealkylation sites (tertiary alicyclic amines) is 2. The molecule has 3 aliphatic rings. The summed E-state index contributed by atoms with van der Waals surface area (Å²) in [5.41, 5.74) is 1.51. The van der Waals surface area contributed by atoms with Crippen LogP contribution < -0.4 is 0 Å². The van der Waals surface area contributed by atoms with Crippen LogP contribution in [0.4, 0.5) is 0 Å². The van der Waals surface area contributed by atoms with Gasteiger partial charge in [-0.3, -0.25) is 0 Å². The van der Waals surface area contributed by atoms with E-state index in [1.54, 1.807) is 0 Å². The predicted octanol–water partition coefficient (Wildman–Crippen LogP) is 3.11. The summed E-state index contributed by atoms with van der Waals surface area (Å²) in [7, 11) is -3.61. The highest BCUT2D eigenvalue weighted by Gasteiger charge is 2.35. The van der Waals surface area contributed by atoms with E-state index in [1.807, 2.05) is 37.3 Å². The van der Waals surface area contributed by atoms with Crippen molar-refractivity contribution in [3.63, 3.8) is 0 Å². The lowest BCUT2D eigenvalue weighted by Gasteiger charge is -2.40. The smallest absolute Gasteiger partial charge is 0.285 e. The number of rotatable bonds is 2. The van der Waals surface area contributed by atoms with Gasteiger partial charge in [-0.25, -0.2) is 0 Å². The summed E-state index contributed by atoms with van der Waals surface area (Å²) in [4.78, 5) is 5.17. The van der Waals surface area contributed by atoms with Crippen molar-refractivity contribution in [1.29, 1.82) is 0 Å². The van der Waals surface area contributed by atoms with Crippen molar-refractivity contribution in [2.24, 2.45) is 4.40 Å². The van der Waals surface area contributed by atoms with Gasteiger partial charge in [-0.15, -0.1) is 4.40 Å². The Morgan fingerprint density at radius 3 is 2.27 bits per heavy atom. The Hall–Kier alpha value is -1.66. The van der Waals surface area contributed by atoms with Gasteiger partial charge in [0.05, 0.1) is 0 Å². The predicted molar refractivity (Wildman–Crippen MR) is 105 cm³/mol. The van der Waals surface area contributed by atoms with Crippen molar-refractivity contribution in [3.8, 4) is 0 Å². The standard InChI is InChI=1S/C20H27N3O2S/c1-16-19(17-8-4-2-5-9-17)26(24,25)21-20(16)23-14-10-18(11-15-23)22-12-6-3-7-13-22/h2,4-5,8-9,18H,3,6-7,10-15H2,1H3. The molecule has 140 valence electrons. The van der Waals surface area contributed by atoms with E-state index in [9.17, 15) is 8.42 Å². The number of sulfonamides is 1. The zero-order valence-electron chi connectivity index (χ0n) is 15.4. The van der Waals surface area contributed by atoms with Gasteiger partial charge in [0.1, 0.15) is 10.7 Å². The number of benzene rings is 1. The van der Waals surface area contributed by atoms with Gasteiger partial charge in [0.2, 0.25) is 0 Å². The van der Waals surface area contributed by atoms with Gasteiger partial charge in [-0.2, -0.15) is 8.42 Å². The molecule has 0 aromatic heterocycles. The summed E-state index contributed by atoms with van der Waals surface area (Å²) in [5.74, 6) is 0.654. The second-order valence-electron chi connectivity index (χ2n) is 7.52. The molecule has 0 N–H and O–H groups in total. The largest absolute Gasteiger partial charge is 0.356 e. The summed E-state index contributed by atoms with van der Waals surface area (Å²) >= 11 is 0. The molecule has 0 aliphatic carbocycles. The molecule has 26 heavy (non-hydrogen) atoms. The SMILES string of the molecule is CC1=C(c2ccccc2)S(=O)(=O)N=C1N1CCC(N2CCCCC2)CC1. The van der Waals surface area contributed by atoms with Crippen LogP contribution in [0.5, 0.6) is 0 Å². The number of hydrogen-bond acceptors (Lipinski definition) is 4. The number of piperidine rings is 2. The first-order chi connectivity index (χ1) is 12.6. The fourth-order valence-electron chi connectivity index (χ4n) is 4.50. The van der Waals surface area contributed by atoms with Gasteiger partial charge >= 0.3 is 0 Å². The maximum absolute atomic E-state index is 12.7. The molecule has 0 amide bonds. The van der Waals surface area contributed by atoms with E-state index in [-0.39, 0.29) is 0 Å². The van der Waals surface area contributed by atoms with Gasteiger partial charge in [0, 0.05) is 24.7 Å². The first kappa shape index (κ1) is 17.7. The van der Waals surface area contributed by atoms with Crippen molar-refractivity contribution >= 4 is 20.8 Å². The Morgan fingerprint density at radius 1 is 0.962 bits per heavy atom. The molecule has 6 heteroatoms. The number of hydrogen-bond donors (Lipinski definition) is 0. The molecule has 4 rings (SSSR count). The third kappa shape index (κ3) is 3.32. The lowest BCUT2D eigenvalue weighted by molar-refractivity contribution is 0.115. The highest BCUT2D eigenvalue weighted by atomic mass is 32.2. The van der Waals surface area contributed by atoms with E-state index in [2.05, 4.69) is 14.2 Å². The second-order valence-corrected chi connectivity index (χ2v) is 9.07. The zero-order chi connectivity index (χ0) is 18.1. The summed E-state index contributed by atoms with van der Waals surface area (Å²) in [5, 5.41) is 0. The molecule has 3 aliphatic heterocycles. The van der Waals surface area contributed by atoms with E-state index in [0.717, 1.165) is 37.1 Å². The Morgan fingerprint density at radius 2 is 1.62 bits per heavy atom. The summed E-state index contributed by atoms with van der Waals surface area (Å²) in [6.07, 6.45) is 6.16. The first-order valence-electron chi connectivity index (χ1n) is 9.67. The maximum Gasteiger partial charge on any atom is 0.285 e. The van der Waals surface area contributed by atoms with Gasteiger partial charge in [-0.05, 0) is 51.3 Å². The first-order valence-corrected chi connectivity index (χ1v) is 11.1. The minimum absolute atomic E-state index is 0.367. The van der Waals surface area contributed by atoms with Crippen LogP contribution in [0.25, 0.3) is 4.91 Å². The third-order valence-corrected chi connectivity index (χ3v) is 7.32. The number of amidine groups is 1. The zero-order valence-corrected chi connectivity index (χ0v) is 16.2. The molecule has 0 bridgehead atoms. The number of nitrogens with zero attached hydrogens (tertiary/aromatic N) is 3. The van der Waals surface area contributed by atoms with E-state index < -0.39 is 10.0 Å². The minimum atomic E-state index is -3.61. The van der Waals surface area contributed by atoms with Gasteiger partial charge in [0.15, 0.2) is 0 Å². The second kappa shape index (κ2) is 7.16. The third-order valence-electron chi connectivity index (χ3n) is 5.85. The van der Waals surface area contributed by atoms with E-state index in [0.29, 0.717) is 16.8 Å². The molecule has 1 aromatic carbocycles. The lowest BCUT2D eigenvalue weighted by atomic mass is 9.99. The monoisotopic (exact) mass is 373 g/mol. The van der Waals surface area contributed by atoms with E-state index in [4.69, 9.17) is 0 Å². The Balaban J connectivity index is 1.51. The van der Waals surface area contributed by atoms with Gasteiger partial charge in [-0.1, -0.05) is 36.8 Å². The van der Waals surface area contributed by atoms with Crippen molar-refractivity contribution in [2.45, 2.75) is 45.1 Å². The van der Waals surface area contributed by atoms with Crippen LogP contribution in [0.1, 0.15) is 44.6 Å². The topological polar surface area (TPSA) is 53.0 Å². The molecule has 1 aromatic rings. The molecule has 2 fully saturated rings. The fourth-order valence-corrected chi connectivity index (χ4v) is 5.98. The van der Waals surface area contributed by atoms with Crippen LogP contribution in [0.3, 0.4) is 0 Å². The molecule has 0 saturated carbocycles. The van der Waals surface area contributed by atoms with Gasteiger partial charge in [0.25, 0.3) is 10.0 Å². The van der Waals surface area contributed by atoms with Crippen LogP contribution in [0.15, 0.2) is 40.3 Å². The average Bonchev–Trinajstić information content (AvgIpc) is 2.92. The fraction of sp³-hybridized carbons (Fsp3) is 0.550. The summed E-state index contributed by atoms with van der Waals surface area (Å²) in [6, 6.07) is 9.96. The van der Waals surface area contributed by atoms with Crippen molar-refractivity contribution in [3.05, 3.63) is 41.5 Å². The van der Waals surface area contributed by atoms with Crippen molar-refractivity contribution in [1.82, 2.24) is 9.80 Å². The molecule has 0 unspecified atom stereocenters. The molecular weight excluding hydrogens is 346 g/mol. The lowest BCUT2D eigenvalue weighted by Crippen LogP contribution is -2.48. The quantitative estimate of drug-likeness (QED) is 0.799. The van der Waals surface area contributed by atoms with E-state index in [1.165, 1.54) is 32.4 Å². The summed E-state index contributed by atoms with van der Waals surface area (Å²) in [6.45, 7) is 6.10. The van der Waals surface area contributed by atoms with Crippen molar-refractivity contribution in [2.75, 3.05) is 26.2 Å².